The van der Waals surface area contributed by atoms with Crippen molar-refractivity contribution in [2.24, 2.45) is 0 Å². The zero-order valence-corrected chi connectivity index (χ0v) is 18.3. The lowest BCUT2D eigenvalue weighted by Gasteiger charge is -2.09. The molecule has 11 heteroatoms. The Hall–Kier alpha value is -3.05. The minimum atomic E-state index is -0.394. The molecule has 9 nitrogen and oxygen atoms in total. The number of rotatable bonds is 6. The van der Waals surface area contributed by atoms with Gasteiger partial charge >= 0.3 is 0 Å². The third-order valence-corrected chi connectivity index (χ3v) is 6.28. The first kappa shape index (κ1) is 20.2. The average molecular weight is 442 g/mol. The van der Waals surface area contributed by atoms with Crippen LogP contribution in [0.5, 0.6) is 0 Å². The minimum Gasteiger partial charge on any atom is -0.299 e. The van der Waals surface area contributed by atoms with Crippen molar-refractivity contribution in [3.63, 3.8) is 0 Å². The van der Waals surface area contributed by atoms with Gasteiger partial charge in [-0.25, -0.2) is 9.36 Å². The van der Waals surface area contributed by atoms with Gasteiger partial charge < -0.3 is 0 Å². The summed E-state index contributed by atoms with van der Waals surface area (Å²) in [5.74, 6) is 0.477. The number of hydrogen-bond acceptors (Lipinski definition) is 8. The number of carbonyl (C=O) groups is 1. The highest BCUT2D eigenvalue weighted by molar-refractivity contribution is 8.01. The number of hydrogen-bond donors (Lipinski definition) is 1. The van der Waals surface area contributed by atoms with E-state index in [4.69, 9.17) is 0 Å². The molecule has 0 radical (unpaired) electrons. The van der Waals surface area contributed by atoms with Gasteiger partial charge in [-0.15, -0.1) is 10.2 Å². The zero-order valence-electron chi connectivity index (χ0n) is 16.6. The van der Waals surface area contributed by atoms with E-state index in [1.54, 1.807) is 29.6 Å². The summed E-state index contributed by atoms with van der Waals surface area (Å²) in [6.07, 6.45) is 1.63. The normalized spacial score (nSPS) is 11.2. The van der Waals surface area contributed by atoms with E-state index in [1.165, 1.54) is 11.3 Å². The van der Waals surface area contributed by atoms with Crippen LogP contribution >= 0.6 is 23.1 Å². The maximum atomic E-state index is 13.2. The van der Waals surface area contributed by atoms with Crippen LogP contribution in [0.1, 0.15) is 18.2 Å². The Kier molecular flexibility index (Phi) is 5.64. The Morgan fingerprint density at radius 1 is 1.23 bits per heavy atom. The molecule has 154 valence electrons. The second-order valence-corrected chi connectivity index (χ2v) is 9.00. The smallest absolute Gasteiger partial charge is 0.293 e. The molecule has 30 heavy (non-hydrogen) atoms. The van der Waals surface area contributed by atoms with Gasteiger partial charge in [-0.1, -0.05) is 48.2 Å². The summed E-state index contributed by atoms with van der Waals surface area (Å²) in [7, 11) is 0. The Labute approximate surface area is 180 Å². The second kappa shape index (κ2) is 8.36. The van der Waals surface area contributed by atoms with Crippen LogP contribution in [-0.4, -0.2) is 41.4 Å². The van der Waals surface area contributed by atoms with Crippen LogP contribution in [0.25, 0.3) is 16.6 Å². The molecule has 0 bridgehead atoms. The van der Waals surface area contributed by atoms with Crippen LogP contribution in [0.4, 0.5) is 5.13 Å². The number of nitrogens with zero attached hydrogens (tertiary/aromatic N) is 6. The highest BCUT2D eigenvalue weighted by Crippen LogP contribution is 2.25. The van der Waals surface area contributed by atoms with Crippen LogP contribution in [-0.2, 0) is 11.3 Å². The number of nitrogens with one attached hydrogen (secondary N) is 1. The second-order valence-electron chi connectivity index (χ2n) is 6.51. The maximum Gasteiger partial charge on any atom is 0.293 e. The number of para-hydroxylation sites is 1. The Morgan fingerprint density at radius 3 is 2.80 bits per heavy atom. The van der Waals surface area contributed by atoms with E-state index in [9.17, 15) is 9.59 Å². The van der Waals surface area contributed by atoms with E-state index < -0.39 is 5.91 Å². The predicted octanol–water partition coefficient (Wildman–Crippen LogP) is 2.80. The lowest BCUT2D eigenvalue weighted by Crippen LogP contribution is -2.31. The zero-order chi connectivity index (χ0) is 21.3. The standard InChI is InChI=1S/C19H19N7O2S2/c1-4-29-19-23-22-18(30-19)21-15(27)10-25-17(28)16-13(12(3)24-25)9-20-26(16)14-8-6-5-7-11(14)2/h5-9H,4,10H2,1-3H3,(H,21,22,27). The lowest BCUT2D eigenvalue weighted by atomic mass is 10.2. The summed E-state index contributed by atoms with van der Waals surface area (Å²) in [4.78, 5) is 25.7. The first-order valence-corrected chi connectivity index (χ1v) is 11.1. The first-order valence-electron chi connectivity index (χ1n) is 9.25. The number of thioether (sulfide) groups is 1. The molecule has 0 aliphatic heterocycles. The van der Waals surface area contributed by atoms with Crippen molar-refractivity contribution in [3.05, 3.63) is 52.1 Å². The van der Waals surface area contributed by atoms with Gasteiger partial charge in [-0.3, -0.25) is 14.9 Å². The van der Waals surface area contributed by atoms with Crippen LogP contribution < -0.4 is 10.9 Å². The third kappa shape index (κ3) is 3.85. The van der Waals surface area contributed by atoms with Gasteiger partial charge in [-0.05, 0) is 31.2 Å². The molecule has 4 rings (SSSR count). The molecule has 1 aromatic carbocycles. The number of carbonyl (C=O) groups excluding carboxylic acids is 1. The molecule has 0 spiro atoms. The summed E-state index contributed by atoms with van der Waals surface area (Å²) in [5, 5.41) is 20.4. The van der Waals surface area contributed by atoms with Crippen molar-refractivity contribution >= 4 is 45.0 Å². The molecule has 0 aliphatic carbocycles. The third-order valence-electron chi connectivity index (χ3n) is 4.42. The van der Waals surface area contributed by atoms with Gasteiger partial charge in [0.25, 0.3) is 5.56 Å². The molecular weight excluding hydrogens is 422 g/mol. The van der Waals surface area contributed by atoms with E-state index in [2.05, 4.69) is 25.7 Å². The summed E-state index contributed by atoms with van der Waals surface area (Å²) in [6, 6.07) is 7.67. The molecule has 3 aromatic heterocycles. The predicted molar refractivity (Wildman–Crippen MR) is 118 cm³/mol. The number of aryl methyl sites for hydroxylation is 2. The Bertz CT molecular complexity index is 1290. The van der Waals surface area contributed by atoms with Crippen molar-refractivity contribution < 1.29 is 4.79 Å². The van der Waals surface area contributed by atoms with Gasteiger partial charge in [0.15, 0.2) is 4.34 Å². The molecule has 0 saturated heterocycles. The average Bonchev–Trinajstić information content (AvgIpc) is 3.34. The molecule has 0 aliphatic rings. The summed E-state index contributed by atoms with van der Waals surface area (Å²) < 4.78 is 3.55. The first-order chi connectivity index (χ1) is 14.5. The summed E-state index contributed by atoms with van der Waals surface area (Å²) in [6.45, 7) is 5.53. The molecule has 3 heterocycles. The van der Waals surface area contributed by atoms with E-state index in [0.29, 0.717) is 21.7 Å². The minimum absolute atomic E-state index is 0.232. The van der Waals surface area contributed by atoms with Crippen LogP contribution in [0, 0.1) is 13.8 Å². The summed E-state index contributed by atoms with van der Waals surface area (Å²) in [5.41, 5.74) is 2.42. The molecule has 0 atom stereocenters. The van der Waals surface area contributed by atoms with E-state index in [1.807, 2.05) is 38.1 Å². The van der Waals surface area contributed by atoms with Crippen molar-refractivity contribution in [2.75, 3.05) is 11.1 Å². The SMILES string of the molecule is CCSc1nnc(NC(=O)Cn2nc(C)c3cnn(-c4ccccc4C)c3c2=O)s1. The molecule has 1 amide bonds. The van der Waals surface area contributed by atoms with Crippen LogP contribution in [0.2, 0.25) is 0 Å². The number of amides is 1. The topological polar surface area (TPSA) is 108 Å². The van der Waals surface area contributed by atoms with E-state index in [-0.39, 0.29) is 12.1 Å². The van der Waals surface area contributed by atoms with Crippen LogP contribution in [0.3, 0.4) is 0 Å². The Morgan fingerprint density at radius 2 is 2.03 bits per heavy atom. The molecule has 0 unspecified atom stereocenters. The largest absolute Gasteiger partial charge is 0.299 e. The molecule has 1 N–H and O–H groups in total. The van der Waals surface area contributed by atoms with E-state index >= 15 is 0 Å². The lowest BCUT2D eigenvalue weighted by molar-refractivity contribution is -0.117. The Balaban J connectivity index is 1.67. The van der Waals surface area contributed by atoms with Gasteiger partial charge in [0, 0.05) is 5.39 Å². The van der Waals surface area contributed by atoms with Gasteiger partial charge in [0.1, 0.15) is 12.1 Å². The molecule has 0 fully saturated rings. The number of fused-ring (bicyclic) bond motifs is 1. The number of benzene rings is 1. The summed E-state index contributed by atoms with van der Waals surface area (Å²) >= 11 is 2.85. The van der Waals surface area contributed by atoms with Gasteiger partial charge in [0.05, 0.1) is 17.6 Å². The fraction of sp³-hybridized carbons (Fsp3) is 0.263. The van der Waals surface area contributed by atoms with Crippen molar-refractivity contribution in [1.82, 2.24) is 29.8 Å². The quantitative estimate of drug-likeness (QED) is 0.362. The molecule has 0 saturated carbocycles. The highest BCUT2D eigenvalue weighted by Gasteiger charge is 2.18. The number of aromatic nitrogens is 6. The fourth-order valence-electron chi connectivity index (χ4n) is 3.05. The fourth-order valence-corrected chi connectivity index (χ4v) is 4.71. The monoisotopic (exact) mass is 441 g/mol. The highest BCUT2D eigenvalue weighted by atomic mass is 32.2. The molecule has 4 aromatic rings. The maximum absolute atomic E-state index is 13.2. The van der Waals surface area contributed by atoms with Gasteiger partial charge in [-0.2, -0.15) is 10.2 Å². The van der Waals surface area contributed by atoms with Crippen molar-refractivity contribution in [1.29, 1.82) is 0 Å². The van der Waals surface area contributed by atoms with Crippen molar-refractivity contribution in [3.8, 4) is 5.69 Å². The molecular formula is C19H19N7O2S2. The van der Waals surface area contributed by atoms with E-state index in [0.717, 1.165) is 26.0 Å². The van der Waals surface area contributed by atoms with Crippen molar-refractivity contribution in [2.45, 2.75) is 31.7 Å². The van der Waals surface area contributed by atoms with Gasteiger partial charge in [0.2, 0.25) is 11.0 Å². The van der Waals surface area contributed by atoms with Crippen LogP contribution in [0.15, 0.2) is 39.6 Å². The number of anilines is 1.